The van der Waals surface area contributed by atoms with Crippen molar-refractivity contribution in [2.24, 2.45) is 5.92 Å². The average molecular weight is 301 g/mol. The van der Waals surface area contributed by atoms with Gasteiger partial charge in [0.2, 0.25) is 0 Å². The summed E-state index contributed by atoms with van der Waals surface area (Å²) >= 11 is 1.60. The Bertz CT molecular complexity index is 683. The number of pyridine rings is 1. The summed E-state index contributed by atoms with van der Waals surface area (Å²) in [5, 5.41) is 6.29. The number of piperidine rings is 3. The number of carbonyl (C=O) groups is 1. The number of carbonyl (C=O) groups excluding carboxylic acids is 1. The smallest absolute Gasteiger partial charge is 0.253 e. The van der Waals surface area contributed by atoms with Crippen molar-refractivity contribution in [3.8, 4) is 0 Å². The van der Waals surface area contributed by atoms with E-state index in [4.69, 9.17) is 0 Å². The molecule has 110 valence electrons. The maximum atomic E-state index is 12.5. The van der Waals surface area contributed by atoms with Crippen molar-refractivity contribution in [3.05, 3.63) is 29.3 Å². The van der Waals surface area contributed by atoms with Crippen LogP contribution in [0.25, 0.3) is 10.2 Å². The van der Waals surface area contributed by atoms with E-state index in [1.807, 2.05) is 17.5 Å². The molecular weight excluding hydrogens is 282 g/mol. The fraction of sp³-hybridized carbons (Fsp3) is 0.500. The summed E-state index contributed by atoms with van der Waals surface area (Å²) in [4.78, 5) is 20.3. The van der Waals surface area contributed by atoms with Crippen molar-refractivity contribution in [3.63, 3.8) is 0 Å². The van der Waals surface area contributed by atoms with Gasteiger partial charge in [-0.25, -0.2) is 4.98 Å². The number of fused-ring (bicyclic) bond motifs is 4. The topological polar surface area (TPSA) is 45.2 Å². The van der Waals surface area contributed by atoms with Gasteiger partial charge >= 0.3 is 0 Å². The van der Waals surface area contributed by atoms with Gasteiger partial charge in [-0.05, 0) is 49.7 Å². The van der Waals surface area contributed by atoms with Crippen LogP contribution in [0.1, 0.15) is 30.1 Å². The van der Waals surface area contributed by atoms with Gasteiger partial charge in [-0.3, -0.25) is 9.69 Å². The normalized spacial score (nSPS) is 31.5. The Labute approximate surface area is 128 Å². The lowest BCUT2D eigenvalue weighted by atomic mass is 9.80. The van der Waals surface area contributed by atoms with Crippen molar-refractivity contribution in [1.82, 2.24) is 15.2 Å². The third kappa shape index (κ3) is 2.34. The van der Waals surface area contributed by atoms with Crippen molar-refractivity contribution < 1.29 is 4.79 Å². The Morgan fingerprint density at radius 3 is 3.19 bits per heavy atom. The van der Waals surface area contributed by atoms with Crippen LogP contribution in [0, 0.1) is 5.92 Å². The molecule has 1 amide bonds. The molecule has 5 rings (SSSR count). The van der Waals surface area contributed by atoms with E-state index in [-0.39, 0.29) is 5.91 Å². The molecule has 2 aromatic heterocycles. The van der Waals surface area contributed by atoms with E-state index in [9.17, 15) is 4.79 Å². The summed E-state index contributed by atoms with van der Waals surface area (Å²) in [6.07, 6.45) is 4.10. The van der Waals surface area contributed by atoms with Gasteiger partial charge in [0.25, 0.3) is 5.91 Å². The van der Waals surface area contributed by atoms with Gasteiger partial charge in [0.15, 0.2) is 0 Å². The number of rotatable bonds is 2. The molecule has 0 radical (unpaired) electrons. The Morgan fingerprint density at radius 2 is 2.43 bits per heavy atom. The molecule has 0 aromatic carbocycles. The van der Waals surface area contributed by atoms with Gasteiger partial charge < -0.3 is 5.32 Å². The number of nitrogens with one attached hydrogen (secondary N) is 1. The zero-order chi connectivity index (χ0) is 14.4. The molecule has 0 spiro atoms. The number of hydrogen-bond donors (Lipinski definition) is 1. The molecule has 3 saturated heterocycles. The number of amides is 1. The molecule has 1 N–H and O–H groups in total. The van der Waals surface area contributed by atoms with Crippen LogP contribution in [0.2, 0.25) is 0 Å². The second-order valence-corrected chi connectivity index (χ2v) is 7.14. The molecule has 0 aliphatic carbocycles. The summed E-state index contributed by atoms with van der Waals surface area (Å²) in [6, 6.07) is 4.92. The summed E-state index contributed by atoms with van der Waals surface area (Å²) in [7, 11) is 0. The molecule has 4 atom stereocenters. The first-order valence-electron chi connectivity index (χ1n) is 7.59. The number of thiophene rings is 1. The fourth-order valence-electron chi connectivity index (χ4n) is 3.69. The molecule has 4 nitrogen and oxygen atoms in total. The molecule has 0 saturated carbocycles. The van der Waals surface area contributed by atoms with Crippen molar-refractivity contribution in [1.29, 1.82) is 0 Å². The fourth-order valence-corrected chi connectivity index (χ4v) is 4.41. The van der Waals surface area contributed by atoms with Crippen molar-refractivity contribution in [2.45, 2.75) is 31.8 Å². The predicted molar refractivity (Wildman–Crippen MR) is 84.6 cm³/mol. The van der Waals surface area contributed by atoms with E-state index in [2.05, 4.69) is 22.1 Å². The quantitative estimate of drug-likeness (QED) is 0.927. The van der Waals surface area contributed by atoms with Crippen LogP contribution in [0.4, 0.5) is 0 Å². The molecular formula is C16H19N3OS. The van der Waals surface area contributed by atoms with Crippen LogP contribution in [-0.2, 0) is 0 Å². The van der Waals surface area contributed by atoms with Crippen LogP contribution in [0.15, 0.2) is 23.7 Å². The summed E-state index contributed by atoms with van der Waals surface area (Å²) in [5.74, 6) is 0.647. The molecule has 5 heterocycles. The molecule has 2 aromatic rings. The number of nitrogens with zero attached hydrogens (tertiary/aromatic N) is 2. The largest absolute Gasteiger partial charge is 0.348 e. The first-order valence-corrected chi connectivity index (χ1v) is 8.47. The van der Waals surface area contributed by atoms with Gasteiger partial charge in [0.1, 0.15) is 4.83 Å². The van der Waals surface area contributed by atoms with Crippen molar-refractivity contribution in [2.75, 3.05) is 13.1 Å². The second-order valence-electron chi connectivity index (χ2n) is 6.25. The third-order valence-electron chi connectivity index (χ3n) is 4.94. The number of hydrogen-bond acceptors (Lipinski definition) is 4. The Kier molecular flexibility index (Phi) is 3.19. The van der Waals surface area contributed by atoms with Crippen LogP contribution < -0.4 is 5.32 Å². The Morgan fingerprint density at radius 1 is 1.52 bits per heavy atom. The highest BCUT2D eigenvalue weighted by Gasteiger charge is 2.38. The highest BCUT2D eigenvalue weighted by molar-refractivity contribution is 7.16. The van der Waals surface area contributed by atoms with Gasteiger partial charge in [-0.1, -0.05) is 0 Å². The molecule has 21 heavy (non-hydrogen) atoms. The summed E-state index contributed by atoms with van der Waals surface area (Å²) in [5.41, 5.74) is 0.672. The van der Waals surface area contributed by atoms with E-state index in [1.54, 1.807) is 17.5 Å². The van der Waals surface area contributed by atoms with Gasteiger partial charge in [-0.15, -0.1) is 11.3 Å². The minimum Gasteiger partial charge on any atom is -0.348 e. The zero-order valence-corrected chi connectivity index (χ0v) is 12.9. The first-order chi connectivity index (χ1) is 10.2. The van der Waals surface area contributed by atoms with Crippen LogP contribution in [0.3, 0.4) is 0 Å². The Balaban J connectivity index is 1.50. The highest BCUT2D eigenvalue weighted by atomic mass is 32.1. The second kappa shape index (κ2) is 5.07. The average Bonchev–Trinajstić information content (AvgIpc) is 2.96. The van der Waals surface area contributed by atoms with Gasteiger partial charge in [0.05, 0.1) is 5.56 Å². The predicted octanol–water partition coefficient (Wildman–Crippen LogP) is 2.51. The maximum Gasteiger partial charge on any atom is 0.253 e. The maximum absolute atomic E-state index is 12.5. The summed E-state index contributed by atoms with van der Waals surface area (Å²) in [6.45, 7) is 4.46. The van der Waals surface area contributed by atoms with E-state index < -0.39 is 0 Å². The third-order valence-corrected chi connectivity index (χ3v) is 5.78. The van der Waals surface area contributed by atoms with E-state index >= 15 is 0 Å². The monoisotopic (exact) mass is 301 g/mol. The van der Waals surface area contributed by atoms with Crippen LogP contribution in [-0.4, -0.2) is 41.0 Å². The van der Waals surface area contributed by atoms with E-state index in [0.29, 0.717) is 23.6 Å². The minimum absolute atomic E-state index is 0.0157. The van der Waals surface area contributed by atoms with Gasteiger partial charge in [0, 0.05) is 30.2 Å². The van der Waals surface area contributed by atoms with Crippen LogP contribution in [0.5, 0.6) is 0 Å². The lowest BCUT2D eigenvalue weighted by molar-refractivity contribution is 0.0274. The molecule has 3 fully saturated rings. The standard InChI is InChI=1S/C16H19N3OS/c1-10-6-11-2-4-19(10)9-14(11)18-15(20)13-7-12-3-5-21-16(12)17-8-13/h3,5,7-8,10-11,14H,2,4,6,9H2,1H3,(H,18,20). The molecule has 3 aliphatic rings. The van der Waals surface area contributed by atoms with Crippen LogP contribution >= 0.6 is 11.3 Å². The first kappa shape index (κ1) is 13.2. The molecule has 4 unspecified atom stereocenters. The van der Waals surface area contributed by atoms with Gasteiger partial charge in [-0.2, -0.15) is 0 Å². The molecule has 3 aliphatic heterocycles. The minimum atomic E-state index is 0.0157. The van der Waals surface area contributed by atoms with E-state index in [1.165, 1.54) is 19.4 Å². The lowest BCUT2D eigenvalue weighted by Crippen LogP contribution is -2.60. The summed E-state index contributed by atoms with van der Waals surface area (Å²) < 4.78 is 0. The lowest BCUT2D eigenvalue weighted by Gasteiger charge is -2.48. The Hall–Kier alpha value is -1.46. The zero-order valence-electron chi connectivity index (χ0n) is 12.1. The SMILES string of the molecule is CC1CC2CCN1CC2NC(=O)c1cnc2sccc2c1. The highest BCUT2D eigenvalue weighted by Crippen LogP contribution is 2.32. The number of aromatic nitrogens is 1. The molecule has 5 heteroatoms. The molecule has 2 bridgehead atoms. The van der Waals surface area contributed by atoms with E-state index in [0.717, 1.165) is 16.8 Å². The van der Waals surface area contributed by atoms with Crippen molar-refractivity contribution >= 4 is 27.5 Å².